The van der Waals surface area contributed by atoms with Gasteiger partial charge < -0.3 is 4.74 Å². The van der Waals surface area contributed by atoms with E-state index in [-0.39, 0.29) is 6.10 Å². The third-order valence-corrected chi connectivity index (χ3v) is 5.95. The van der Waals surface area contributed by atoms with Crippen LogP contribution >= 0.6 is 0 Å². The van der Waals surface area contributed by atoms with Crippen molar-refractivity contribution in [1.82, 2.24) is 4.31 Å². The highest BCUT2D eigenvalue weighted by atomic mass is 32.2. The molecule has 1 aliphatic heterocycles. The summed E-state index contributed by atoms with van der Waals surface area (Å²) in [5.74, 6) is 0. The molecule has 20 heavy (non-hydrogen) atoms. The minimum absolute atomic E-state index is 0.0806. The number of sulfonamides is 1. The smallest absolute Gasteiger partial charge is 0.244 e. The topological polar surface area (TPSA) is 46.6 Å². The average molecular weight is 297 g/mol. The van der Waals surface area contributed by atoms with Crippen molar-refractivity contribution in [1.29, 1.82) is 0 Å². The predicted octanol–water partition coefficient (Wildman–Crippen LogP) is 2.49. The summed E-state index contributed by atoms with van der Waals surface area (Å²) in [7, 11) is -3.50. The molecule has 0 aromatic heterocycles. The van der Waals surface area contributed by atoms with E-state index < -0.39 is 15.6 Å². The lowest BCUT2D eigenvalue weighted by molar-refractivity contribution is -0.0551. The highest BCUT2D eigenvalue weighted by molar-refractivity contribution is 7.89. The zero-order valence-electron chi connectivity index (χ0n) is 12.8. The minimum Gasteiger partial charge on any atom is -0.375 e. The predicted molar refractivity (Wildman–Crippen MR) is 79.3 cm³/mol. The molecule has 5 heteroatoms. The third-order valence-electron chi connectivity index (χ3n) is 3.73. The molecule has 1 heterocycles. The highest BCUT2D eigenvalue weighted by Gasteiger charge is 2.42. The molecule has 1 fully saturated rings. The Morgan fingerprint density at radius 2 is 1.95 bits per heavy atom. The van der Waals surface area contributed by atoms with Gasteiger partial charge in [-0.15, -0.1) is 0 Å². The van der Waals surface area contributed by atoms with Gasteiger partial charge in [-0.25, -0.2) is 8.42 Å². The summed E-state index contributed by atoms with van der Waals surface area (Å²) in [5, 5.41) is 0. The second-order valence-corrected chi connectivity index (χ2v) is 8.07. The number of aryl methyl sites for hydroxylation is 2. The van der Waals surface area contributed by atoms with Crippen molar-refractivity contribution in [2.24, 2.45) is 0 Å². The van der Waals surface area contributed by atoms with Crippen LogP contribution in [0.1, 0.15) is 31.9 Å². The molecule has 1 aromatic rings. The molecule has 0 bridgehead atoms. The number of ether oxygens (including phenoxy) is 1. The Hall–Kier alpha value is -0.910. The monoisotopic (exact) mass is 297 g/mol. The average Bonchev–Trinajstić information content (AvgIpc) is 2.35. The summed E-state index contributed by atoms with van der Waals surface area (Å²) in [5.41, 5.74) is 1.21. The van der Waals surface area contributed by atoms with Crippen molar-refractivity contribution < 1.29 is 13.2 Å². The Labute approximate surface area is 121 Å². The van der Waals surface area contributed by atoms with Crippen molar-refractivity contribution in [3.63, 3.8) is 0 Å². The van der Waals surface area contributed by atoms with Gasteiger partial charge in [0.2, 0.25) is 10.0 Å². The van der Waals surface area contributed by atoms with Gasteiger partial charge >= 0.3 is 0 Å². The van der Waals surface area contributed by atoms with Gasteiger partial charge in [-0.2, -0.15) is 4.31 Å². The molecular weight excluding hydrogens is 274 g/mol. The van der Waals surface area contributed by atoms with Gasteiger partial charge in [0.1, 0.15) is 0 Å². The summed E-state index contributed by atoms with van der Waals surface area (Å²) in [6.07, 6.45) is -0.0806. The summed E-state index contributed by atoms with van der Waals surface area (Å²) in [4.78, 5) is 0.402. The Morgan fingerprint density at radius 1 is 1.30 bits per heavy atom. The molecule has 112 valence electrons. The Morgan fingerprint density at radius 3 is 2.60 bits per heavy atom. The van der Waals surface area contributed by atoms with Crippen molar-refractivity contribution in [3.8, 4) is 0 Å². The van der Waals surface area contributed by atoms with Crippen LogP contribution in [0.5, 0.6) is 0 Å². The number of hydrogen-bond donors (Lipinski definition) is 0. The maximum atomic E-state index is 13.0. The summed E-state index contributed by atoms with van der Waals surface area (Å²) < 4.78 is 33.2. The van der Waals surface area contributed by atoms with Crippen molar-refractivity contribution in [2.45, 2.75) is 51.2 Å². The molecule has 2 rings (SSSR count). The summed E-state index contributed by atoms with van der Waals surface area (Å²) in [6.45, 7) is 10.3. The van der Waals surface area contributed by atoms with E-state index in [0.29, 0.717) is 18.0 Å². The van der Waals surface area contributed by atoms with E-state index in [0.717, 1.165) is 11.1 Å². The second-order valence-electron chi connectivity index (χ2n) is 6.24. The number of benzene rings is 1. The van der Waals surface area contributed by atoms with Crippen LogP contribution in [-0.2, 0) is 14.8 Å². The normalized spacial score (nSPS) is 23.8. The second kappa shape index (κ2) is 5.13. The van der Waals surface area contributed by atoms with Gasteiger partial charge in [-0.1, -0.05) is 12.1 Å². The molecule has 0 aliphatic carbocycles. The van der Waals surface area contributed by atoms with E-state index in [4.69, 9.17) is 4.74 Å². The lowest BCUT2D eigenvalue weighted by Gasteiger charge is -2.43. The molecule has 0 N–H and O–H groups in total. The molecule has 1 aromatic carbocycles. The fourth-order valence-electron chi connectivity index (χ4n) is 2.48. The quantitative estimate of drug-likeness (QED) is 0.842. The van der Waals surface area contributed by atoms with Gasteiger partial charge in [0, 0.05) is 6.54 Å². The number of hydrogen-bond acceptors (Lipinski definition) is 3. The van der Waals surface area contributed by atoms with Crippen LogP contribution in [0, 0.1) is 13.8 Å². The molecule has 1 aliphatic rings. The first-order valence-corrected chi connectivity index (χ1v) is 8.30. The molecular formula is C15H23NO3S. The van der Waals surface area contributed by atoms with Crippen LogP contribution < -0.4 is 0 Å². The molecule has 1 unspecified atom stereocenters. The van der Waals surface area contributed by atoms with Gasteiger partial charge in [0.05, 0.1) is 23.1 Å². The Kier molecular flexibility index (Phi) is 3.97. The molecule has 0 amide bonds. The fourth-order valence-corrected chi connectivity index (χ4v) is 4.64. The van der Waals surface area contributed by atoms with Gasteiger partial charge in [-0.3, -0.25) is 0 Å². The van der Waals surface area contributed by atoms with E-state index in [1.165, 1.54) is 0 Å². The number of rotatable bonds is 2. The zero-order chi connectivity index (χ0) is 15.1. The molecule has 0 spiro atoms. The van der Waals surface area contributed by atoms with Crippen LogP contribution in [0.4, 0.5) is 0 Å². The number of nitrogens with zero attached hydrogens (tertiary/aromatic N) is 1. The third kappa shape index (κ3) is 2.75. The zero-order valence-corrected chi connectivity index (χ0v) is 13.6. The molecule has 0 saturated carbocycles. The Balaban J connectivity index is 2.51. The van der Waals surface area contributed by atoms with Crippen LogP contribution in [0.2, 0.25) is 0 Å². The lowest BCUT2D eigenvalue weighted by atomic mass is 10.1. The largest absolute Gasteiger partial charge is 0.375 e. The van der Waals surface area contributed by atoms with E-state index in [1.54, 1.807) is 10.4 Å². The van der Waals surface area contributed by atoms with E-state index >= 15 is 0 Å². The first-order chi connectivity index (χ1) is 9.14. The number of morpholine rings is 1. The van der Waals surface area contributed by atoms with Gasteiger partial charge in [0.25, 0.3) is 0 Å². The van der Waals surface area contributed by atoms with Crippen molar-refractivity contribution in [3.05, 3.63) is 29.3 Å². The van der Waals surface area contributed by atoms with Gasteiger partial charge in [0.15, 0.2) is 0 Å². The first kappa shape index (κ1) is 15.5. The maximum absolute atomic E-state index is 13.0. The first-order valence-electron chi connectivity index (χ1n) is 6.86. The van der Waals surface area contributed by atoms with Crippen LogP contribution in [-0.4, -0.2) is 37.5 Å². The lowest BCUT2D eigenvalue weighted by Crippen LogP contribution is -2.57. The van der Waals surface area contributed by atoms with E-state index in [9.17, 15) is 8.42 Å². The van der Waals surface area contributed by atoms with Crippen molar-refractivity contribution in [2.75, 3.05) is 13.2 Å². The molecule has 1 saturated heterocycles. The van der Waals surface area contributed by atoms with Crippen LogP contribution in [0.25, 0.3) is 0 Å². The fraction of sp³-hybridized carbons (Fsp3) is 0.600. The van der Waals surface area contributed by atoms with E-state index in [1.807, 2.05) is 46.8 Å². The van der Waals surface area contributed by atoms with Crippen LogP contribution in [0.15, 0.2) is 23.1 Å². The SMILES string of the molecule is Cc1ccc(C)c(S(=O)(=O)N2CC(C)OCC2(C)C)c1. The standard InChI is InChI=1S/C15H23NO3S/c1-11-6-7-12(2)14(8-11)20(17,18)16-9-13(3)19-10-15(16,4)5/h6-8,13H,9-10H2,1-5H3. The molecule has 1 atom stereocenters. The highest BCUT2D eigenvalue weighted by Crippen LogP contribution is 2.30. The van der Waals surface area contributed by atoms with Gasteiger partial charge in [-0.05, 0) is 51.8 Å². The maximum Gasteiger partial charge on any atom is 0.244 e. The summed E-state index contributed by atoms with van der Waals surface area (Å²) >= 11 is 0. The van der Waals surface area contributed by atoms with E-state index in [2.05, 4.69) is 0 Å². The Bertz CT molecular complexity index is 608. The van der Waals surface area contributed by atoms with Crippen LogP contribution in [0.3, 0.4) is 0 Å². The summed E-state index contributed by atoms with van der Waals surface area (Å²) in [6, 6.07) is 5.54. The van der Waals surface area contributed by atoms with Crippen molar-refractivity contribution >= 4 is 10.0 Å². The molecule has 0 radical (unpaired) electrons. The molecule has 4 nitrogen and oxygen atoms in total. The minimum atomic E-state index is -3.50.